The molecule has 0 saturated heterocycles. The third-order valence-electron chi connectivity index (χ3n) is 4.63. The van der Waals surface area contributed by atoms with E-state index in [1.165, 1.54) is 38.5 Å². The molecular weight excluding hydrogens is 364 g/mol. The average molecular weight is 409 g/mol. The van der Waals surface area contributed by atoms with Crippen molar-refractivity contribution in [2.24, 2.45) is 0 Å². The number of carbonyl (C=O) groups is 2. The zero-order valence-corrected chi connectivity index (χ0v) is 18.8. The Morgan fingerprint density at radius 2 is 1.07 bits per heavy atom. The molecule has 0 heterocycles. The van der Waals surface area contributed by atoms with Crippen LogP contribution in [-0.2, 0) is 14.3 Å². The Morgan fingerprint density at radius 1 is 0.655 bits per heavy atom. The van der Waals surface area contributed by atoms with Crippen LogP contribution in [0.1, 0.15) is 104 Å². The second kappa shape index (κ2) is 22.5. The van der Waals surface area contributed by atoms with E-state index in [1.54, 1.807) is 12.5 Å². The predicted octanol–water partition coefficient (Wildman–Crippen LogP) is 5.76. The van der Waals surface area contributed by atoms with Gasteiger partial charge in [0.05, 0.1) is 12.5 Å². The van der Waals surface area contributed by atoms with E-state index in [2.05, 4.69) is 24.5 Å². The summed E-state index contributed by atoms with van der Waals surface area (Å²) >= 11 is 0. The molecule has 0 fully saturated rings. The first-order chi connectivity index (χ1) is 14.2. The van der Waals surface area contributed by atoms with Crippen LogP contribution in [0.3, 0.4) is 0 Å². The maximum Gasteiger partial charge on any atom is 0.220 e. The van der Waals surface area contributed by atoms with E-state index < -0.39 is 0 Å². The third-order valence-corrected chi connectivity index (χ3v) is 4.63. The number of amides is 2. The molecule has 0 aromatic carbocycles. The minimum atomic E-state index is 0.138. The van der Waals surface area contributed by atoms with Crippen molar-refractivity contribution in [3.63, 3.8) is 0 Å². The molecular formula is C24H44N2O3. The quantitative estimate of drug-likeness (QED) is 0.199. The summed E-state index contributed by atoms with van der Waals surface area (Å²) < 4.78 is 5.27. The molecule has 2 amide bonds. The maximum absolute atomic E-state index is 11.7. The molecule has 5 heteroatoms. The SMILES string of the molecule is CCCCCCCC(=O)NCCC=COC=CCCNC(=O)CCCCCCC. The van der Waals surface area contributed by atoms with Gasteiger partial charge in [0.15, 0.2) is 0 Å². The molecule has 0 aromatic rings. The van der Waals surface area contributed by atoms with E-state index in [1.807, 2.05) is 12.2 Å². The molecule has 0 radical (unpaired) electrons. The number of rotatable bonds is 20. The summed E-state index contributed by atoms with van der Waals surface area (Å²) in [6, 6.07) is 0. The fraction of sp³-hybridized carbons (Fsp3) is 0.750. The van der Waals surface area contributed by atoms with Crippen molar-refractivity contribution in [2.75, 3.05) is 13.1 Å². The van der Waals surface area contributed by atoms with Gasteiger partial charge in [0.1, 0.15) is 0 Å². The Hall–Kier alpha value is -1.78. The Balaban J connectivity index is 3.42. The van der Waals surface area contributed by atoms with Crippen molar-refractivity contribution in [3.05, 3.63) is 24.7 Å². The molecule has 0 saturated carbocycles. The van der Waals surface area contributed by atoms with E-state index in [9.17, 15) is 9.59 Å². The van der Waals surface area contributed by atoms with Gasteiger partial charge >= 0.3 is 0 Å². The third kappa shape index (κ3) is 22.4. The monoisotopic (exact) mass is 408 g/mol. The first-order valence-corrected chi connectivity index (χ1v) is 11.7. The first-order valence-electron chi connectivity index (χ1n) is 11.7. The van der Waals surface area contributed by atoms with E-state index in [0.29, 0.717) is 25.9 Å². The largest absolute Gasteiger partial charge is 0.473 e. The van der Waals surface area contributed by atoms with Gasteiger partial charge in [-0.15, -0.1) is 0 Å². The zero-order valence-electron chi connectivity index (χ0n) is 18.8. The Bertz CT molecular complexity index is 407. The second-order valence-electron chi connectivity index (χ2n) is 7.49. The first kappa shape index (κ1) is 27.2. The van der Waals surface area contributed by atoms with E-state index in [4.69, 9.17) is 4.74 Å². The van der Waals surface area contributed by atoms with Gasteiger partial charge in [-0.1, -0.05) is 65.2 Å². The van der Waals surface area contributed by atoms with Gasteiger partial charge < -0.3 is 15.4 Å². The van der Waals surface area contributed by atoms with Crippen LogP contribution in [0.4, 0.5) is 0 Å². The standard InChI is InChI=1S/C24H44N2O3/c1-3-5-7-9-11-17-23(27)25-19-13-15-21-29-22-16-14-20-26-24(28)18-12-10-8-6-4-2/h15-16,21-22H,3-14,17-20H2,1-2H3,(H,25,27)(H,26,28). The molecule has 168 valence electrons. The Kier molecular flexibility index (Phi) is 21.1. The highest BCUT2D eigenvalue weighted by Crippen LogP contribution is 2.05. The Labute approximate surface area is 178 Å². The topological polar surface area (TPSA) is 67.4 Å². The lowest BCUT2D eigenvalue weighted by Crippen LogP contribution is -2.23. The second-order valence-corrected chi connectivity index (χ2v) is 7.49. The number of hydrogen-bond acceptors (Lipinski definition) is 3. The van der Waals surface area contributed by atoms with E-state index >= 15 is 0 Å². The van der Waals surface area contributed by atoms with Gasteiger partial charge in [0.2, 0.25) is 11.8 Å². The van der Waals surface area contributed by atoms with Gasteiger partial charge in [0.25, 0.3) is 0 Å². The molecule has 0 bridgehead atoms. The summed E-state index contributed by atoms with van der Waals surface area (Å²) in [5.74, 6) is 0.275. The number of carbonyl (C=O) groups excluding carboxylic acids is 2. The van der Waals surface area contributed by atoms with Crippen LogP contribution in [0.2, 0.25) is 0 Å². The van der Waals surface area contributed by atoms with Crippen molar-refractivity contribution < 1.29 is 14.3 Å². The van der Waals surface area contributed by atoms with Crippen LogP contribution >= 0.6 is 0 Å². The van der Waals surface area contributed by atoms with E-state index in [-0.39, 0.29) is 11.8 Å². The van der Waals surface area contributed by atoms with Crippen LogP contribution in [0.15, 0.2) is 24.7 Å². The lowest BCUT2D eigenvalue weighted by molar-refractivity contribution is -0.122. The van der Waals surface area contributed by atoms with Crippen molar-refractivity contribution in [3.8, 4) is 0 Å². The van der Waals surface area contributed by atoms with Crippen molar-refractivity contribution in [1.82, 2.24) is 10.6 Å². The summed E-state index contributed by atoms with van der Waals surface area (Å²) in [5, 5.41) is 5.85. The lowest BCUT2D eigenvalue weighted by atomic mass is 10.1. The summed E-state index contributed by atoms with van der Waals surface area (Å²) in [5.41, 5.74) is 0. The van der Waals surface area contributed by atoms with Crippen molar-refractivity contribution in [1.29, 1.82) is 0 Å². The molecule has 2 N–H and O–H groups in total. The molecule has 0 aliphatic heterocycles. The summed E-state index contributed by atoms with van der Waals surface area (Å²) in [7, 11) is 0. The summed E-state index contributed by atoms with van der Waals surface area (Å²) in [6.45, 7) is 5.66. The predicted molar refractivity (Wildman–Crippen MR) is 121 cm³/mol. The molecule has 0 aliphatic rings. The minimum absolute atomic E-state index is 0.138. The van der Waals surface area contributed by atoms with Crippen LogP contribution in [0.5, 0.6) is 0 Å². The van der Waals surface area contributed by atoms with E-state index in [0.717, 1.165) is 38.5 Å². The van der Waals surface area contributed by atoms with Crippen molar-refractivity contribution in [2.45, 2.75) is 104 Å². The van der Waals surface area contributed by atoms with Crippen LogP contribution in [-0.4, -0.2) is 24.9 Å². The average Bonchev–Trinajstić information content (AvgIpc) is 2.71. The fourth-order valence-corrected chi connectivity index (χ4v) is 2.84. The number of nitrogens with one attached hydrogen (secondary N) is 2. The molecule has 0 aliphatic carbocycles. The minimum Gasteiger partial charge on any atom is -0.473 e. The molecule has 29 heavy (non-hydrogen) atoms. The molecule has 0 atom stereocenters. The number of unbranched alkanes of at least 4 members (excludes halogenated alkanes) is 8. The van der Waals surface area contributed by atoms with Gasteiger partial charge in [-0.3, -0.25) is 9.59 Å². The molecule has 0 spiro atoms. The van der Waals surface area contributed by atoms with Gasteiger partial charge in [-0.2, -0.15) is 0 Å². The highest BCUT2D eigenvalue weighted by molar-refractivity contribution is 5.76. The smallest absolute Gasteiger partial charge is 0.220 e. The summed E-state index contributed by atoms with van der Waals surface area (Å²) in [4.78, 5) is 23.3. The van der Waals surface area contributed by atoms with Gasteiger partial charge in [-0.05, 0) is 37.8 Å². The van der Waals surface area contributed by atoms with Crippen LogP contribution in [0, 0.1) is 0 Å². The normalized spacial score (nSPS) is 11.2. The molecule has 0 rings (SSSR count). The lowest BCUT2D eigenvalue weighted by Gasteiger charge is -2.03. The molecule has 0 unspecified atom stereocenters. The number of hydrogen-bond donors (Lipinski definition) is 2. The highest BCUT2D eigenvalue weighted by Gasteiger charge is 2.00. The Morgan fingerprint density at radius 3 is 1.48 bits per heavy atom. The van der Waals surface area contributed by atoms with Crippen LogP contribution < -0.4 is 10.6 Å². The van der Waals surface area contributed by atoms with Gasteiger partial charge in [0, 0.05) is 25.9 Å². The van der Waals surface area contributed by atoms with Gasteiger partial charge in [-0.25, -0.2) is 0 Å². The summed E-state index contributed by atoms with van der Waals surface area (Å²) in [6.07, 6.45) is 21.5. The number of ether oxygens (including phenoxy) is 1. The maximum atomic E-state index is 11.7. The molecule has 5 nitrogen and oxygen atoms in total. The van der Waals surface area contributed by atoms with Crippen molar-refractivity contribution >= 4 is 11.8 Å². The molecule has 0 aromatic heterocycles. The zero-order chi connectivity index (χ0) is 21.4. The van der Waals surface area contributed by atoms with Crippen LogP contribution in [0.25, 0.3) is 0 Å². The fourth-order valence-electron chi connectivity index (χ4n) is 2.84. The highest BCUT2D eigenvalue weighted by atomic mass is 16.5.